The first kappa shape index (κ1) is 14.2. The van der Waals surface area contributed by atoms with Crippen LogP contribution in [0.3, 0.4) is 0 Å². The highest BCUT2D eigenvalue weighted by molar-refractivity contribution is 5.68. The third-order valence-electron chi connectivity index (χ3n) is 2.61. The number of β-amino-alcohol motifs (C(OH)–C–C–N with tert-alkyl or cyclic N) is 1. The molecule has 1 amide bonds. The van der Waals surface area contributed by atoms with Crippen LogP contribution in [-0.4, -0.2) is 47.3 Å². The van der Waals surface area contributed by atoms with Gasteiger partial charge in [-0.2, -0.15) is 0 Å². The number of hydrogen-bond donors (Lipinski definition) is 1. The van der Waals surface area contributed by atoms with Gasteiger partial charge in [0.2, 0.25) is 6.43 Å². The molecule has 0 spiro atoms. The van der Waals surface area contributed by atoms with Gasteiger partial charge in [-0.25, -0.2) is 13.6 Å². The fourth-order valence-corrected chi connectivity index (χ4v) is 1.74. The van der Waals surface area contributed by atoms with Gasteiger partial charge in [-0.15, -0.1) is 0 Å². The molecule has 4 nitrogen and oxygen atoms in total. The SMILES string of the molecule is CC(C)(C)OC(=O)N1CC[C@@H](C(F)F)[C@H](O)C1. The molecule has 0 aliphatic carbocycles. The monoisotopic (exact) mass is 251 g/mol. The average Bonchev–Trinajstić information content (AvgIpc) is 2.14. The van der Waals surface area contributed by atoms with Gasteiger partial charge in [0.05, 0.1) is 12.6 Å². The van der Waals surface area contributed by atoms with Gasteiger partial charge in [0.1, 0.15) is 5.60 Å². The highest BCUT2D eigenvalue weighted by Gasteiger charge is 2.36. The number of rotatable bonds is 1. The summed E-state index contributed by atoms with van der Waals surface area (Å²) in [4.78, 5) is 12.9. The van der Waals surface area contributed by atoms with Gasteiger partial charge < -0.3 is 14.7 Å². The van der Waals surface area contributed by atoms with Crippen molar-refractivity contribution in [1.82, 2.24) is 4.90 Å². The number of aliphatic hydroxyl groups excluding tert-OH is 1. The van der Waals surface area contributed by atoms with Crippen LogP contribution >= 0.6 is 0 Å². The number of alkyl halides is 2. The molecule has 2 atom stereocenters. The van der Waals surface area contributed by atoms with Crippen LogP contribution in [0.15, 0.2) is 0 Å². The molecule has 1 rings (SSSR count). The zero-order chi connectivity index (χ0) is 13.2. The van der Waals surface area contributed by atoms with E-state index in [0.717, 1.165) is 0 Å². The van der Waals surface area contributed by atoms with Crippen LogP contribution in [0.5, 0.6) is 0 Å². The molecule has 0 radical (unpaired) electrons. The maximum atomic E-state index is 12.5. The van der Waals surface area contributed by atoms with E-state index in [4.69, 9.17) is 4.74 Å². The van der Waals surface area contributed by atoms with Gasteiger partial charge in [-0.05, 0) is 27.2 Å². The van der Waals surface area contributed by atoms with Crippen molar-refractivity contribution in [1.29, 1.82) is 0 Å². The van der Waals surface area contributed by atoms with Crippen molar-refractivity contribution in [3.63, 3.8) is 0 Å². The van der Waals surface area contributed by atoms with E-state index in [9.17, 15) is 18.7 Å². The lowest BCUT2D eigenvalue weighted by atomic mass is 9.95. The predicted molar refractivity (Wildman–Crippen MR) is 57.9 cm³/mol. The van der Waals surface area contributed by atoms with Crippen LogP contribution in [0.1, 0.15) is 27.2 Å². The third kappa shape index (κ3) is 4.11. The summed E-state index contributed by atoms with van der Waals surface area (Å²) in [6.07, 6.45) is -4.20. The molecule has 0 aromatic heterocycles. The Bertz CT molecular complexity index is 278. The molecule has 1 saturated heterocycles. The number of halogens is 2. The Morgan fingerprint density at radius 3 is 2.47 bits per heavy atom. The number of carbonyl (C=O) groups excluding carboxylic acids is 1. The summed E-state index contributed by atoms with van der Waals surface area (Å²) >= 11 is 0. The molecule has 0 bridgehead atoms. The largest absolute Gasteiger partial charge is 0.444 e. The van der Waals surface area contributed by atoms with Crippen molar-refractivity contribution in [2.45, 2.75) is 45.3 Å². The minimum Gasteiger partial charge on any atom is -0.444 e. The normalized spacial score (nSPS) is 26.2. The van der Waals surface area contributed by atoms with E-state index >= 15 is 0 Å². The second-order valence-corrected chi connectivity index (χ2v) is 5.28. The van der Waals surface area contributed by atoms with Crippen LogP contribution in [-0.2, 0) is 4.74 Å². The second-order valence-electron chi connectivity index (χ2n) is 5.28. The van der Waals surface area contributed by atoms with Crippen molar-refractivity contribution in [2.24, 2.45) is 5.92 Å². The fraction of sp³-hybridized carbons (Fsp3) is 0.909. The quantitative estimate of drug-likeness (QED) is 0.774. The molecule has 1 aliphatic heterocycles. The smallest absolute Gasteiger partial charge is 0.410 e. The van der Waals surface area contributed by atoms with Crippen LogP contribution in [0, 0.1) is 5.92 Å². The molecule has 1 fully saturated rings. The van der Waals surface area contributed by atoms with E-state index in [1.807, 2.05) is 0 Å². The summed E-state index contributed by atoms with van der Waals surface area (Å²) in [6, 6.07) is 0. The minimum absolute atomic E-state index is 0.0933. The standard InChI is InChI=1S/C11H19F2NO3/c1-11(2,3)17-10(16)14-5-4-7(9(12)13)8(15)6-14/h7-9,15H,4-6H2,1-3H3/t7-,8-/m1/s1. The summed E-state index contributed by atoms with van der Waals surface area (Å²) in [5.41, 5.74) is -0.623. The Hall–Kier alpha value is -0.910. The maximum absolute atomic E-state index is 12.5. The topological polar surface area (TPSA) is 49.8 Å². The molecule has 0 aromatic rings. The van der Waals surface area contributed by atoms with E-state index in [1.165, 1.54) is 4.90 Å². The van der Waals surface area contributed by atoms with Crippen LogP contribution < -0.4 is 0 Å². The zero-order valence-corrected chi connectivity index (χ0v) is 10.3. The molecule has 1 N–H and O–H groups in total. The Balaban J connectivity index is 2.52. The molecular formula is C11H19F2NO3. The molecule has 0 saturated carbocycles. The third-order valence-corrected chi connectivity index (χ3v) is 2.61. The number of hydrogen-bond acceptors (Lipinski definition) is 3. The number of likely N-dealkylation sites (tertiary alicyclic amines) is 1. The fourth-order valence-electron chi connectivity index (χ4n) is 1.74. The molecule has 1 aliphatic rings. The van der Waals surface area contributed by atoms with Crippen molar-refractivity contribution >= 4 is 6.09 Å². The maximum Gasteiger partial charge on any atom is 0.410 e. The van der Waals surface area contributed by atoms with Crippen molar-refractivity contribution in [3.8, 4) is 0 Å². The number of ether oxygens (including phenoxy) is 1. The van der Waals surface area contributed by atoms with Gasteiger partial charge in [0, 0.05) is 12.5 Å². The molecule has 100 valence electrons. The molecule has 0 aromatic carbocycles. The van der Waals surface area contributed by atoms with Gasteiger partial charge in [-0.1, -0.05) is 0 Å². The Kier molecular flexibility index (Phi) is 4.30. The average molecular weight is 251 g/mol. The Labute approximate surface area is 99.5 Å². The lowest BCUT2D eigenvalue weighted by molar-refractivity contribution is -0.0586. The van der Waals surface area contributed by atoms with Crippen molar-refractivity contribution in [3.05, 3.63) is 0 Å². The van der Waals surface area contributed by atoms with E-state index < -0.39 is 30.1 Å². The minimum atomic E-state index is -2.55. The lowest BCUT2D eigenvalue weighted by Gasteiger charge is -2.36. The van der Waals surface area contributed by atoms with Crippen molar-refractivity contribution in [2.75, 3.05) is 13.1 Å². The summed E-state index contributed by atoms with van der Waals surface area (Å²) in [6.45, 7) is 5.29. The number of piperidine rings is 1. The van der Waals surface area contributed by atoms with Gasteiger partial charge >= 0.3 is 6.09 Å². The molecule has 6 heteroatoms. The first-order valence-electron chi connectivity index (χ1n) is 5.65. The van der Waals surface area contributed by atoms with Gasteiger partial charge in [0.15, 0.2) is 0 Å². The number of amides is 1. The number of carbonyl (C=O) groups is 1. The molecular weight excluding hydrogens is 232 g/mol. The lowest BCUT2D eigenvalue weighted by Crippen LogP contribution is -2.49. The summed E-state index contributed by atoms with van der Waals surface area (Å²) < 4.78 is 30.1. The van der Waals surface area contributed by atoms with Gasteiger partial charge in [-0.3, -0.25) is 0 Å². The first-order chi connectivity index (χ1) is 7.70. The summed E-state index contributed by atoms with van der Waals surface area (Å²) in [5.74, 6) is -1.05. The number of nitrogens with zero attached hydrogens (tertiary/aromatic N) is 1. The predicted octanol–water partition coefficient (Wildman–Crippen LogP) is 1.87. The Morgan fingerprint density at radius 2 is 2.06 bits per heavy atom. The van der Waals surface area contributed by atoms with E-state index in [0.29, 0.717) is 0 Å². The molecule has 0 unspecified atom stereocenters. The Morgan fingerprint density at radius 1 is 1.47 bits per heavy atom. The molecule has 17 heavy (non-hydrogen) atoms. The zero-order valence-electron chi connectivity index (χ0n) is 10.3. The number of aliphatic hydroxyl groups is 1. The van der Waals surface area contributed by atoms with Crippen LogP contribution in [0.2, 0.25) is 0 Å². The van der Waals surface area contributed by atoms with Crippen LogP contribution in [0.25, 0.3) is 0 Å². The van der Waals surface area contributed by atoms with Crippen molar-refractivity contribution < 1.29 is 23.4 Å². The second kappa shape index (κ2) is 5.16. The van der Waals surface area contributed by atoms with Gasteiger partial charge in [0.25, 0.3) is 0 Å². The van der Waals surface area contributed by atoms with E-state index in [1.54, 1.807) is 20.8 Å². The van der Waals surface area contributed by atoms with E-state index in [2.05, 4.69) is 0 Å². The molecule has 1 heterocycles. The highest BCUT2D eigenvalue weighted by Crippen LogP contribution is 2.25. The summed E-state index contributed by atoms with van der Waals surface area (Å²) in [7, 11) is 0. The van der Waals surface area contributed by atoms with E-state index in [-0.39, 0.29) is 19.5 Å². The van der Waals surface area contributed by atoms with Crippen LogP contribution in [0.4, 0.5) is 13.6 Å². The highest BCUT2D eigenvalue weighted by atomic mass is 19.3. The summed E-state index contributed by atoms with van der Waals surface area (Å²) in [5, 5.41) is 9.53. The first-order valence-corrected chi connectivity index (χ1v) is 5.65.